The molecule has 0 bridgehead atoms. The summed E-state index contributed by atoms with van der Waals surface area (Å²) in [5.41, 5.74) is 0.847. The zero-order valence-corrected chi connectivity index (χ0v) is 17.5. The normalized spacial score (nSPS) is 25.0. The van der Waals surface area contributed by atoms with E-state index in [-0.39, 0.29) is 0 Å². The van der Waals surface area contributed by atoms with Crippen LogP contribution in [0.5, 0.6) is 0 Å². The fraction of sp³-hybridized carbons (Fsp3) is 0.727. The summed E-state index contributed by atoms with van der Waals surface area (Å²) in [6.45, 7) is 9.14. The van der Waals surface area contributed by atoms with Gasteiger partial charge in [-0.25, -0.2) is 8.42 Å². The van der Waals surface area contributed by atoms with E-state index in [4.69, 9.17) is 0 Å². The van der Waals surface area contributed by atoms with E-state index in [2.05, 4.69) is 4.90 Å². The quantitative estimate of drug-likeness (QED) is 0.712. The first-order valence-corrected chi connectivity index (χ1v) is 11.8. The fourth-order valence-electron chi connectivity index (χ4n) is 4.90. The summed E-state index contributed by atoms with van der Waals surface area (Å²) in [5.74, 6) is 1.85. The van der Waals surface area contributed by atoms with E-state index in [1.165, 1.54) is 45.2 Å². The smallest absolute Gasteiger partial charge is 0.183 e. The van der Waals surface area contributed by atoms with E-state index >= 15 is 0 Å². The van der Waals surface area contributed by atoms with Crippen molar-refractivity contribution in [2.75, 3.05) is 19.6 Å². The SMILES string of the molecule is Cc1ccccc1S(=O)(=O)C(C)(C)CCCN1CCC2CCCCC2C1. The Morgan fingerprint density at radius 1 is 1.08 bits per heavy atom. The Balaban J connectivity index is 1.56. The van der Waals surface area contributed by atoms with Gasteiger partial charge in [0.15, 0.2) is 9.84 Å². The Morgan fingerprint density at radius 3 is 2.50 bits per heavy atom. The number of sulfone groups is 1. The minimum absolute atomic E-state index is 0.494. The highest BCUT2D eigenvalue weighted by atomic mass is 32.2. The molecule has 0 amide bonds. The molecule has 1 saturated heterocycles. The molecule has 3 nitrogen and oxygen atoms in total. The molecule has 2 atom stereocenters. The van der Waals surface area contributed by atoms with Gasteiger partial charge in [0.2, 0.25) is 0 Å². The van der Waals surface area contributed by atoms with Gasteiger partial charge in [0.1, 0.15) is 0 Å². The van der Waals surface area contributed by atoms with Crippen LogP contribution in [0.4, 0.5) is 0 Å². The van der Waals surface area contributed by atoms with Gasteiger partial charge in [-0.05, 0) is 83.0 Å². The van der Waals surface area contributed by atoms with E-state index in [1.807, 2.05) is 39.0 Å². The lowest BCUT2D eigenvalue weighted by molar-refractivity contribution is 0.0853. The van der Waals surface area contributed by atoms with E-state index in [9.17, 15) is 8.42 Å². The van der Waals surface area contributed by atoms with Crippen LogP contribution in [0.2, 0.25) is 0 Å². The Labute approximate surface area is 160 Å². The van der Waals surface area contributed by atoms with Gasteiger partial charge in [-0.1, -0.05) is 37.5 Å². The zero-order valence-electron chi connectivity index (χ0n) is 16.7. The van der Waals surface area contributed by atoms with E-state index in [0.717, 1.165) is 30.4 Å². The number of hydrogen-bond donors (Lipinski definition) is 0. The third-order valence-electron chi connectivity index (χ3n) is 6.74. The van der Waals surface area contributed by atoms with Crippen LogP contribution in [0.25, 0.3) is 0 Å². The maximum atomic E-state index is 13.1. The molecule has 146 valence electrons. The van der Waals surface area contributed by atoms with Gasteiger partial charge in [-0.15, -0.1) is 0 Å². The van der Waals surface area contributed by atoms with Crippen molar-refractivity contribution in [2.45, 2.75) is 75.4 Å². The Bertz CT molecular complexity index is 711. The number of aryl methyl sites for hydroxylation is 1. The van der Waals surface area contributed by atoms with Gasteiger partial charge >= 0.3 is 0 Å². The lowest BCUT2D eigenvalue weighted by Gasteiger charge is -2.41. The van der Waals surface area contributed by atoms with Crippen molar-refractivity contribution < 1.29 is 8.42 Å². The Kier molecular flexibility index (Phi) is 6.13. The lowest BCUT2D eigenvalue weighted by atomic mass is 9.75. The van der Waals surface area contributed by atoms with Gasteiger partial charge in [-0.3, -0.25) is 0 Å². The molecular formula is C22H35NO2S. The van der Waals surface area contributed by atoms with E-state index in [1.54, 1.807) is 6.07 Å². The van der Waals surface area contributed by atoms with Gasteiger partial charge in [0.25, 0.3) is 0 Å². The van der Waals surface area contributed by atoms with Gasteiger partial charge in [0, 0.05) is 6.54 Å². The third kappa shape index (κ3) is 4.17. The summed E-state index contributed by atoms with van der Waals surface area (Å²) in [6.07, 6.45) is 8.66. The largest absolute Gasteiger partial charge is 0.303 e. The molecule has 3 rings (SSSR count). The van der Waals surface area contributed by atoms with Gasteiger partial charge in [0.05, 0.1) is 9.64 Å². The Hall–Kier alpha value is -0.870. The number of likely N-dealkylation sites (tertiary alicyclic amines) is 1. The van der Waals surface area contributed by atoms with Crippen molar-refractivity contribution in [1.82, 2.24) is 4.90 Å². The summed E-state index contributed by atoms with van der Waals surface area (Å²) in [5, 5.41) is 0. The van der Waals surface area contributed by atoms with Crippen LogP contribution in [0.15, 0.2) is 29.2 Å². The first-order valence-electron chi connectivity index (χ1n) is 10.3. The van der Waals surface area contributed by atoms with Gasteiger partial charge in [-0.2, -0.15) is 0 Å². The summed E-state index contributed by atoms with van der Waals surface area (Å²) < 4.78 is 25.5. The summed E-state index contributed by atoms with van der Waals surface area (Å²) in [7, 11) is -3.31. The number of benzene rings is 1. The molecule has 4 heteroatoms. The molecule has 2 fully saturated rings. The average Bonchev–Trinajstić information content (AvgIpc) is 2.61. The highest BCUT2D eigenvalue weighted by molar-refractivity contribution is 7.92. The Morgan fingerprint density at radius 2 is 1.77 bits per heavy atom. The maximum absolute atomic E-state index is 13.1. The highest BCUT2D eigenvalue weighted by Gasteiger charge is 2.36. The van der Waals surface area contributed by atoms with Gasteiger partial charge < -0.3 is 4.90 Å². The molecule has 0 spiro atoms. The van der Waals surface area contributed by atoms with Crippen LogP contribution in [-0.4, -0.2) is 37.7 Å². The molecule has 26 heavy (non-hydrogen) atoms. The molecule has 0 radical (unpaired) electrons. The minimum atomic E-state index is -3.31. The van der Waals surface area contributed by atoms with Crippen molar-refractivity contribution in [3.05, 3.63) is 29.8 Å². The third-order valence-corrected chi connectivity index (χ3v) is 9.44. The molecule has 1 aliphatic heterocycles. The lowest BCUT2D eigenvalue weighted by Crippen LogP contribution is -2.42. The van der Waals surface area contributed by atoms with Crippen LogP contribution in [0.3, 0.4) is 0 Å². The number of piperidine rings is 1. The monoisotopic (exact) mass is 377 g/mol. The molecule has 1 saturated carbocycles. The second kappa shape index (κ2) is 8.02. The van der Waals surface area contributed by atoms with Crippen molar-refractivity contribution in [3.8, 4) is 0 Å². The second-order valence-electron chi connectivity index (χ2n) is 9.03. The van der Waals surface area contributed by atoms with Crippen LogP contribution < -0.4 is 0 Å². The standard InChI is InChI=1S/C22H35NO2S/c1-18-9-4-7-12-21(18)26(24,25)22(2,3)14-8-15-23-16-13-19-10-5-6-11-20(19)17-23/h4,7,9,12,19-20H,5-6,8,10-11,13-17H2,1-3H3. The molecule has 2 aliphatic rings. The summed E-state index contributed by atoms with van der Waals surface area (Å²) in [6, 6.07) is 7.36. The first-order chi connectivity index (χ1) is 12.3. The fourth-order valence-corrected chi connectivity index (χ4v) is 6.66. The molecule has 1 aliphatic carbocycles. The van der Waals surface area contributed by atoms with Crippen molar-refractivity contribution in [1.29, 1.82) is 0 Å². The summed E-state index contributed by atoms with van der Waals surface area (Å²) in [4.78, 5) is 3.08. The number of hydrogen-bond acceptors (Lipinski definition) is 3. The topological polar surface area (TPSA) is 37.4 Å². The highest BCUT2D eigenvalue weighted by Crippen LogP contribution is 2.36. The maximum Gasteiger partial charge on any atom is 0.183 e. The molecule has 1 heterocycles. The van der Waals surface area contributed by atoms with E-state index in [0.29, 0.717) is 11.3 Å². The van der Waals surface area contributed by atoms with Crippen LogP contribution in [0.1, 0.15) is 64.4 Å². The average molecular weight is 378 g/mol. The first kappa shape index (κ1) is 19.9. The van der Waals surface area contributed by atoms with Crippen LogP contribution >= 0.6 is 0 Å². The molecule has 1 aromatic carbocycles. The van der Waals surface area contributed by atoms with Crippen molar-refractivity contribution >= 4 is 9.84 Å². The number of fused-ring (bicyclic) bond motifs is 1. The second-order valence-corrected chi connectivity index (χ2v) is 11.6. The number of nitrogens with zero attached hydrogens (tertiary/aromatic N) is 1. The van der Waals surface area contributed by atoms with Crippen LogP contribution in [0, 0.1) is 18.8 Å². The minimum Gasteiger partial charge on any atom is -0.303 e. The van der Waals surface area contributed by atoms with E-state index < -0.39 is 14.6 Å². The molecule has 2 unspecified atom stereocenters. The van der Waals surface area contributed by atoms with Crippen molar-refractivity contribution in [3.63, 3.8) is 0 Å². The summed E-state index contributed by atoms with van der Waals surface area (Å²) >= 11 is 0. The predicted octanol–water partition coefficient (Wildman–Crippen LogP) is 4.84. The zero-order chi connectivity index (χ0) is 18.8. The molecule has 0 N–H and O–H groups in total. The molecule has 0 aromatic heterocycles. The predicted molar refractivity (Wildman–Crippen MR) is 108 cm³/mol. The molecule has 1 aromatic rings. The van der Waals surface area contributed by atoms with Crippen molar-refractivity contribution in [2.24, 2.45) is 11.8 Å². The molecular weight excluding hydrogens is 342 g/mol. The van der Waals surface area contributed by atoms with Crippen LogP contribution in [-0.2, 0) is 9.84 Å². The number of rotatable bonds is 6.